The molecule has 0 spiro atoms. The highest BCUT2D eigenvalue weighted by Gasteiger charge is 2.18. The molecule has 0 aliphatic heterocycles. The summed E-state index contributed by atoms with van der Waals surface area (Å²) in [4.78, 5) is 25.4. The van der Waals surface area contributed by atoms with Crippen LogP contribution in [0.3, 0.4) is 0 Å². The Bertz CT molecular complexity index is 501. The van der Waals surface area contributed by atoms with Crippen molar-refractivity contribution in [1.82, 2.24) is 4.98 Å². The maximum absolute atomic E-state index is 11.3. The monoisotopic (exact) mass is 266 g/mol. The van der Waals surface area contributed by atoms with E-state index in [1.54, 1.807) is 12.2 Å². The summed E-state index contributed by atoms with van der Waals surface area (Å²) >= 11 is 0. The van der Waals surface area contributed by atoms with Crippen molar-refractivity contribution < 1.29 is 14.5 Å². The minimum absolute atomic E-state index is 0.0252. The van der Waals surface area contributed by atoms with E-state index in [1.807, 2.05) is 0 Å². The zero-order chi connectivity index (χ0) is 14.3. The Morgan fingerprint density at radius 2 is 2.37 bits per heavy atom. The number of esters is 1. The van der Waals surface area contributed by atoms with Crippen molar-refractivity contribution in [3.8, 4) is 0 Å². The van der Waals surface area contributed by atoms with E-state index in [2.05, 4.69) is 15.0 Å². The molecule has 0 amide bonds. The van der Waals surface area contributed by atoms with Crippen LogP contribution >= 0.6 is 0 Å². The predicted octanol–water partition coefficient (Wildman–Crippen LogP) is 0.703. The summed E-state index contributed by atoms with van der Waals surface area (Å²) in [6.07, 6.45) is 4.65. The van der Waals surface area contributed by atoms with Gasteiger partial charge >= 0.3 is 11.7 Å². The first kappa shape index (κ1) is 14.6. The molecule has 19 heavy (non-hydrogen) atoms. The first-order valence-electron chi connectivity index (χ1n) is 5.41. The van der Waals surface area contributed by atoms with Crippen LogP contribution in [-0.4, -0.2) is 36.1 Å². The molecule has 0 fully saturated rings. The first-order chi connectivity index (χ1) is 9.10. The van der Waals surface area contributed by atoms with Crippen LogP contribution in [0.1, 0.15) is 10.4 Å². The lowest BCUT2D eigenvalue weighted by molar-refractivity contribution is -0.384. The zero-order valence-electron chi connectivity index (χ0n) is 10.3. The molecule has 0 bridgehead atoms. The number of nitro groups is 1. The smallest absolute Gasteiger partial charge is 0.339 e. The van der Waals surface area contributed by atoms with Gasteiger partial charge in [0.2, 0.25) is 5.82 Å². The van der Waals surface area contributed by atoms with Crippen LogP contribution in [0, 0.1) is 10.1 Å². The average Bonchev–Trinajstić information content (AvgIpc) is 2.42. The van der Waals surface area contributed by atoms with Gasteiger partial charge in [-0.05, 0) is 0 Å². The third-order valence-electron chi connectivity index (χ3n) is 2.18. The van der Waals surface area contributed by atoms with E-state index >= 15 is 0 Å². The number of aromatic nitrogens is 1. The van der Waals surface area contributed by atoms with Gasteiger partial charge in [0.15, 0.2) is 0 Å². The van der Waals surface area contributed by atoms with E-state index in [9.17, 15) is 14.9 Å². The van der Waals surface area contributed by atoms with E-state index in [0.717, 1.165) is 6.07 Å². The third-order valence-corrected chi connectivity index (χ3v) is 2.18. The van der Waals surface area contributed by atoms with Crippen molar-refractivity contribution >= 4 is 17.5 Å². The number of nitrogens with two attached hydrogens (primary N) is 1. The van der Waals surface area contributed by atoms with Crippen LogP contribution in [0.4, 0.5) is 11.5 Å². The Hall–Kier alpha value is -2.48. The van der Waals surface area contributed by atoms with Gasteiger partial charge in [0, 0.05) is 25.4 Å². The number of nitrogens with zero attached hydrogens (tertiary/aromatic N) is 2. The minimum Gasteiger partial charge on any atom is -0.465 e. The van der Waals surface area contributed by atoms with Crippen molar-refractivity contribution in [2.75, 3.05) is 25.5 Å². The lowest BCUT2D eigenvalue weighted by Gasteiger charge is -2.05. The predicted molar refractivity (Wildman–Crippen MR) is 68.9 cm³/mol. The van der Waals surface area contributed by atoms with E-state index in [0.29, 0.717) is 13.1 Å². The van der Waals surface area contributed by atoms with Crippen molar-refractivity contribution in [3.05, 3.63) is 40.1 Å². The fraction of sp³-hybridized carbons (Fsp3) is 0.273. The van der Waals surface area contributed by atoms with E-state index in [1.165, 1.54) is 13.3 Å². The summed E-state index contributed by atoms with van der Waals surface area (Å²) in [5, 5.41) is 13.7. The summed E-state index contributed by atoms with van der Waals surface area (Å²) in [6.45, 7) is 0.737. The van der Waals surface area contributed by atoms with Gasteiger partial charge in [-0.2, -0.15) is 0 Å². The maximum atomic E-state index is 11.3. The van der Waals surface area contributed by atoms with Crippen molar-refractivity contribution in [2.24, 2.45) is 5.73 Å². The molecular weight excluding hydrogens is 252 g/mol. The molecule has 1 heterocycles. The normalized spacial score (nSPS) is 10.4. The molecule has 102 valence electrons. The summed E-state index contributed by atoms with van der Waals surface area (Å²) in [7, 11) is 1.19. The van der Waals surface area contributed by atoms with E-state index < -0.39 is 10.9 Å². The fourth-order valence-corrected chi connectivity index (χ4v) is 1.29. The Morgan fingerprint density at radius 3 is 2.95 bits per heavy atom. The van der Waals surface area contributed by atoms with Gasteiger partial charge in [-0.15, -0.1) is 0 Å². The molecule has 3 N–H and O–H groups in total. The molecule has 1 aromatic rings. The number of nitrogens with one attached hydrogen (secondary N) is 1. The van der Waals surface area contributed by atoms with E-state index in [4.69, 9.17) is 5.73 Å². The van der Waals surface area contributed by atoms with Gasteiger partial charge in [0.05, 0.1) is 17.6 Å². The van der Waals surface area contributed by atoms with Gasteiger partial charge in [0.25, 0.3) is 0 Å². The van der Waals surface area contributed by atoms with Gasteiger partial charge in [-0.25, -0.2) is 9.78 Å². The molecule has 1 aromatic heterocycles. The lowest BCUT2D eigenvalue weighted by atomic mass is 10.2. The summed E-state index contributed by atoms with van der Waals surface area (Å²) in [5.41, 5.74) is 5.00. The Balaban J connectivity index is 2.95. The second kappa shape index (κ2) is 7.07. The maximum Gasteiger partial charge on any atom is 0.339 e. The van der Waals surface area contributed by atoms with Crippen LogP contribution < -0.4 is 11.1 Å². The van der Waals surface area contributed by atoms with Crippen LogP contribution in [0.2, 0.25) is 0 Å². The summed E-state index contributed by atoms with van der Waals surface area (Å²) < 4.78 is 4.48. The Kier molecular flexibility index (Phi) is 5.42. The molecule has 1 rings (SSSR count). The molecule has 0 saturated carbocycles. The highest BCUT2D eigenvalue weighted by Crippen LogP contribution is 2.22. The largest absolute Gasteiger partial charge is 0.465 e. The Morgan fingerprint density at radius 1 is 1.63 bits per heavy atom. The molecule has 0 atom stereocenters. The SMILES string of the molecule is COC(=O)c1cnc(NC/C=C/CN)c([N+](=O)[O-])c1. The van der Waals surface area contributed by atoms with Crippen molar-refractivity contribution in [2.45, 2.75) is 0 Å². The quantitative estimate of drug-likeness (QED) is 0.336. The van der Waals surface area contributed by atoms with Crippen LogP contribution in [-0.2, 0) is 4.74 Å². The first-order valence-corrected chi connectivity index (χ1v) is 5.41. The standard InChI is InChI=1S/C11H14N4O4/c1-19-11(16)8-6-9(15(17)18)10(14-7-8)13-5-3-2-4-12/h2-3,6-7H,4-5,12H2,1H3,(H,13,14)/b3-2+. The summed E-state index contributed by atoms with van der Waals surface area (Å²) in [6, 6.07) is 1.12. The van der Waals surface area contributed by atoms with Crippen LogP contribution in [0.25, 0.3) is 0 Å². The molecule has 8 nitrogen and oxygen atoms in total. The lowest BCUT2D eigenvalue weighted by Crippen LogP contribution is -2.08. The van der Waals surface area contributed by atoms with Gasteiger partial charge in [0.1, 0.15) is 0 Å². The minimum atomic E-state index is -0.676. The number of anilines is 1. The number of pyridine rings is 1. The molecule has 0 radical (unpaired) electrons. The average molecular weight is 266 g/mol. The highest BCUT2D eigenvalue weighted by molar-refractivity contribution is 5.90. The number of hydrogen-bond acceptors (Lipinski definition) is 7. The number of carbonyl (C=O) groups is 1. The Labute approximate surface area is 109 Å². The molecule has 0 unspecified atom stereocenters. The van der Waals surface area contributed by atoms with Gasteiger partial charge in [-0.3, -0.25) is 10.1 Å². The highest BCUT2D eigenvalue weighted by atomic mass is 16.6. The molecule has 0 aliphatic carbocycles. The number of carbonyl (C=O) groups excluding carboxylic acids is 1. The van der Waals surface area contributed by atoms with Crippen LogP contribution in [0.15, 0.2) is 24.4 Å². The molecule has 0 saturated heterocycles. The van der Waals surface area contributed by atoms with Crippen molar-refractivity contribution in [3.63, 3.8) is 0 Å². The van der Waals surface area contributed by atoms with Crippen LogP contribution in [0.5, 0.6) is 0 Å². The number of ether oxygens (including phenoxy) is 1. The number of rotatable bonds is 6. The number of methoxy groups -OCH3 is 1. The van der Waals surface area contributed by atoms with E-state index in [-0.39, 0.29) is 17.1 Å². The zero-order valence-corrected chi connectivity index (χ0v) is 10.3. The van der Waals surface area contributed by atoms with Gasteiger partial charge in [-0.1, -0.05) is 12.2 Å². The summed E-state index contributed by atoms with van der Waals surface area (Å²) in [5.74, 6) is -0.593. The molecular formula is C11H14N4O4. The molecule has 0 aliphatic rings. The topological polar surface area (TPSA) is 120 Å². The second-order valence-corrected chi connectivity index (χ2v) is 3.43. The van der Waals surface area contributed by atoms with Crippen molar-refractivity contribution in [1.29, 1.82) is 0 Å². The molecule has 0 aromatic carbocycles. The fourth-order valence-electron chi connectivity index (χ4n) is 1.29. The second-order valence-electron chi connectivity index (χ2n) is 3.43. The number of hydrogen-bond donors (Lipinski definition) is 2. The van der Waals surface area contributed by atoms with Gasteiger partial charge < -0.3 is 15.8 Å². The third kappa shape index (κ3) is 4.03. The molecule has 8 heteroatoms.